The number of hydrogen-bond donors (Lipinski definition) is 1. The fourth-order valence-electron chi connectivity index (χ4n) is 3.15. The van der Waals surface area contributed by atoms with E-state index in [0.717, 1.165) is 6.42 Å². The van der Waals surface area contributed by atoms with E-state index < -0.39 is 25.3 Å². The zero-order chi connectivity index (χ0) is 14.8. The molecule has 0 radical (unpaired) electrons. The predicted molar refractivity (Wildman–Crippen MR) is 72.5 cm³/mol. The van der Waals surface area contributed by atoms with Gasteiger partial charge in [0.05, 0.1) is 19.3 Å². The van der Waals surface area contributed by atoms with Crippen molar-refractivity contribution in [1.82, 2.24) is 0 Å². The zero-order valence-corrected chi connectivity index (χ0v) is 12.9. The van der Waals surface area contributed by atoms with Crippen LogP contribution in [0.1, 0.15) is 39.5 Å². The lowest BCUT2D eigenvalue weighted by molar-refractivity contribution is -0.141. The van der Waals surface area contributed by atoms with Crippen molar-refractivity contribution >= 4 is 13.6 Å². The molecule has 116 valence electrons. The summed E-state index contributed by atoms with van der Waals surface area (Å²) < 4.78 is 28.8. The lowest BCUT2D eigenvalue weighted by atomic mass is 9.95. The summed E-state index contributed by atoms with van der Waals surface area (Å²) >= 11 is 0. The predicted octanol–water partition coefficient (Wildman–Crippen LogP) is 2.10. The third-order valence-corrected chi connectivity index (χ3v) is 6.43. The maximum atomic E-state index is 12.9. The standard InChI is InChI=1S/C13H23O6P/c1-3-17-20(16,18-4-2)12-10-8-9(14)6-5-7-11(10)19-13(12)15/h9-12,14H,3-8H2,1-2H3. The molecule has 6 nitrogen and oxygen atoms in total. The van der Waals surface area contributed by atoms with Gasteiger partial charge in [-0.05, 0) is 39.5 Å². The maximum absolute atomic E-state index is 12.9. The summed E-state index contributed by atoms with van der Waals surface area (Å²) in [5, 5.41) is 9.93. The molecule has 0 aromatic carbocycles. The molecule has 2 rings (SSSR count). The first-order valence-corrected chi connectivity index (χ1v) is 8.90. The number of rotatable bonds is 5. The summed E-state index contributed by atoms with van der Waals surface area (Å²) in [6, 6.07) is 0. The summed E-state index contributed by atoms with van der Waals surface area (Å²) in [5.74, 6) is -0.803. The second-order valence-corrected chi connectivity index (χ2v) is 7.43. The van der Waals surface area contributed by atoms with E-state index in [1.165, 1.54) is 0 Å². The van der Waals surface area contributed by atoms with Gasteiger partial charge in [0.15, 0.2) is 5.66 Å². The van der Waals surface area contributed by atoms with E-state index in [9.17, 15) is 14.5 Å². The van der Waals surface area contributed by atoms with Gasteiger partial charge < -0.3 is 18.9 Å². The summed E-state index contributed by atoms with van der Waals surface area (Å²) in [6.45, 7) is 3.85. The second kappa shape index (κ2) is 6.56. The van der Waals surface area contributed by atoms with Crippen molar-refractivity contribution in [2.24, 2.45) is 5.92 Å². The Morgan fingerprint density at radius 2 is 1.95 bits per heavy atom. The van der Waals surface area contributed by atoms with Crippen LogP contribution in [0.15, 0.2) is 0 Å². The Labute approximate surface area is 119 Å². The molecular formula is C13H23O6P. The Hall–Kier alpha value is -0.420. The highest BCUT2D eigenvalue weighted by Gasteiger charge is 2.56. The Morgan fingerprint density at radius 1 is 1.30 bits per heavy atom. The number of carbonyl (C=O) groups is 1. The first-order valence-electron chi connectivity index (χ1n) is 7.29. The van der Waals surface area contributed by atoms with Gasteiger partial charge in [-0.25, -0.2) is 0 Å². The summed E-state index contributed by atoms with van der Waals surface area (Å²) in [6.07, 6.45) is 1.83. The van der Waals surface area contributed by atoms with Crippen LogP contribution in [0.4, 0.5) is 0 Å². The highest BCUT2D eigenvalue weighted by atomic mass is 31.2. The van der Waals surface area contributed by atoms with Gasteiger partial charge in [-0.15, -0.1) is 0 Å². The first kappa shape index (κ1) is 16.0. The van der Waals surface area contributed by atoms with Gasteiger partial charge in [-0.1, -0.05) is 0 Å². The van der Waals surface area contributed by atoms with E-state index in [2.05, 4.69) is 0 Å². The molecule has 7 heteroatoms. The molecule has 4 atom stereocenters. The second-order valence-electron chi connectivity index (χ2n) is 5.28. The minimum Gasteiger partial charge on any atom is -0.461 e. The molecule has 1 N–H and O–H groups in total. The molecule has 1 heterocycles. The molecule has 1 saturated heterocycles. The van der Waals surface area contributed by atoms with Gasteiger partial charge in [-0.3, -0.25) is 9.36 Å². The lowest BCUT2D eigenvalue weighted by Crippen LogP contribution is -2.29. The van der Waals surface area contributed by atoms with Crippen LogP contribution in [0.5, 0.6) is 0 Å². The molecule has 1 saturated carbocycles. The van der Waals surface area contributed by atoms with Crippen LogP contribution < -0.4 is 0 Å². The van der Waals surface area contributed by atoms with Gasteiger partial charge in [0, 0.05) is 5.92 Å². The molecular weight excluding hydrogens is 283 g/mol. The van der Waals surface area contributed by atoms with E-state index >= 15 is 0 Å². The van der Waals surface area contributed by atoms with Crippen LogP contribution in [-0.2, 0) is 23.1 Å². The topological polar surface area (TPSA) is 82.1 Å². The van der Waals surface area contributed by atoms with Crippen molar-refractivity contribution in [3.63, 3.8) is 0 Å². The van der Waals surface area contributed by atoms with Gasteiger partial charge in [-0.2, -0.15) is 0 Å². The average Bonchev–Trinajstić information content (AvgIpc) is 2.56. The molecule has 4 unspecified atom stereocenters. The Bertz CT molecular complexity index is 388. The number of ether oxygens (including phenoxy) is 1. The average molecular weight is 306 g/mol. The van der Waals surface area contributed by atoms with Gasteiger partial charge in [0.25, 0.3) is 0 Å². The Balaban J connectivity index is 2.27. The van der Waals surface area contributed by atoms with E-state index in [0.29, 0.717) is 19.3 Å². The van der Waals surface area contributed by atoms with Crippen molar-refractivity contribution < 1.29 is 28.3 Å². The smallest absolute Gasteiger partial charge is 0.345 e. The summed E-state index contributed by atoms with van der Waals surface area (Å²) in [7, 11) is -3.54. The Kier molecular flexibility index (Phi) is 5.24. The quantitative estimate of drug-likeness (QED) is 0.619. The molecule has 0 spiro atoms. The van der Waals surface area contributed by atoms with Crippen molar-refractivity contribution in [1.29, 1.82) is 0 Å². The molecule has 20 heavy (non-hydrogen) atoms. The highest BCUT2D eigenvalue weighted by molar-refractivity contribution is 7.55. The number of hydrogen-bond acceptors (Lipinski definition) is 6. The molecule has 1 aliphatic carbocycles. The maximum Gasteiger partial charge on any atom is 0.345 e. The van der Waals surface area contributed by atoms with Crippen LogP contribution in [0, 0.1) is 5.92 Å². The number of aliphatic hydroxyl groups is 1. The summed E-state index contributed by atoms with van der Waals surface area (Å²) in [5.41, 5.74) is -0.903. The molecule has 0 bridgehead atoms. The molecule has 0 aromatic rings. The summed E-state index contributed by atoms with van der Waals surface area (Å²) in [4.78, 5) is 12.1. The van der Waals surface area contributed by atoms with Crippen molar-refractivity contribution in [2.75, 3.05) is 13.2 Å². The van der Waals surface area contributed by atoms with Gasteiger partial charge in [0.2, 0.25) is 0 Å². The van der Waals surface area contributed by atoms with E-state index in [-0.39, 0.29) is 25.2 Å². The van der Waals surface area contributed by atoms with Crippen molar-refractivity contribution in [3.05, 3.63) is 0 Å². The third kappa shape index (κ3) is 3.08. The molecule has 2 aliphatic rings. The fourth-order valence-corrected chi connectivity index (χ4v) is 5.36. The normalized spacial score (nSPS) is 34.5. The molecule has 0 aromatic heterocycles. The van der Waals surface area contributed by atoms with Crippen LogP contribution >= 0.6 is 7.60 Å². The van der Waals surface area contributed by atoms with E-state index in [1.807, 2.05) is 0 Å². The van der Waals surface area contributed by atoms with Crippen molar-refractivity contribution in [2.45, 2.75) is 57.4 Å². The third-order valence-electron chi connectivity index (χ3n) is 3.92. The highest BCUT2D eigenvalue weighted by Crippen LogP contribution is 2.60. The number of esters is 1. The number of carbonyl (C=O) groups excluding carboxylic acids is 1. The zero-order valence-electron chi connectivity index (χ0n) is 12.0. The van der Waals surface area contributed by atoms with Crippen LogP contribution in [0.3, 0.4) is 0 Å². The molecule has 2 fully saturated rings. The minimum atomic E-state index is -3.54. The lowest BCUT2D eigenvalue weighted by Gasteiger charge is -2.26. The monoisotopic (exact) mass is 306 g/mol. The molecule has 0 amide bonds. The van der Waals surface area contributed by atoms with Crippen LogP contribution in [0.2, 0.25) is 0 Å². The van der Waals surface area contributed by atoms with E-state index in [1.54, 1.807) is 13.8 Å². The van der Waals surface area contributed by atoms with Gasteiger partial charge >= 0.3 is 13.6 Å². The molecule has 1 aliphatic heterocycles. The fraction of sp³-hybridized carbons (Fsp3) is 0.923. The van der Waals surface area contributed by atoms with Crippen LogP contribution in [-0.4, -0.2) is 42.2 Å². The first-order chi connectivity index (χ1) is 9.51. The SMILES string of the molecule is CCOP(=O)(OCC)C1C(=O)OC2CCCC(O)CC21. The van der Waals surface area contributed by atoms with Crippen LogP contribution in [0.25, 0.3) is 0 Å². The van der Waals surface area contributed by atoms with E-state index in [4.69, 9.17) is 13.8 Å². The number of aliphatic hydroxyl groups excluding tert-OH is 1. The Morgan fingerprint density at radius 3 is 2.55 bits per heavy atom. The largest absolute Gasteiger partial charge is 0.461 e. The minimum absolute atomic E-state index is 0.209. The number of fused-ring (bicyclic) bond motifs is 1. The van der Waals surface area contributed by atoms with Gasteiger partial charge in [0.1, 0.15) is 6.10 Å². The van der Waals surface area contributed by atoms with Crippen molar-refractivity contribution in [3.8, 4) is 0 Å².